The third-order valence-corrected chi connectivity index (χ3v) is 4.05. The fraction of sp³-hybridized carbons (Fsp3) is 0.250. The summed E-state index contributed by atoms with van der Waals surface area (Å²) in [5, 5.41) is 5.18. The van der Waals surface area contributed by atoms with E-state index in [0.29, 0.717) is 10.0 Å². The van der Waals surface area contributed by atoms with Gasteiger partial charge < -0.3 is 4.90 Å². The molecule has 2 rings (SSSR count). The van der Waals surface area contributed by atoms with Gasteiger partial charge in [-0.15, -0.1) is 0 Å². The number of amides is 1. The van der Waals surface area contributed by atoms with Gasteiger partial charge in [-0.05, 0) is 30.7 Å². The van der Waals surface area contributed by atoms with Gasteiger partial charge in [0.25, 0.3) is 0 Å². The van der Waals surface area contributed by atoms with Crippen LogP contribution in [0.2, 0.25) is 10.0 Å². The van der Waals surface area contributed by atoms with Crippen molar-refractivity contribution in [2.24, 2.45) is 7.05 Å². The first-order chi connectivity index (χ1) is 10.4. The van der Waals surface area contributed by atoms with Crippen molar-refractivity contribution in [1.82, 2.24) is 14.7 Å². The van der Waals surface area contributed by atoms with Gasteiger partial charge in [0.2, 0.25) is 5.91 Å². The zero-order valence-electron chi connectivity index (χ0n) is 12.6. The number of rotatable bonds is 4. The summed E-state index contributed by atoms with van der Waals surface area (Å²) in [4.78, 5) is 13.9. The number of aryl methyl sites for hydroxylation is 1. The first kappa shape index (κ1) is 16.6. The minimum atomic E-state index is -0.157. The third kappa shape index (κ3) is 3.90. The van der Waals surface area contributed by atoms with Crippen LogP contribution in [0.3, 0.4) is 0 Å². The second-order valence-electron chi connectivity index (χ2n) is 5.07. The predicted molar refractivity (Wildman–Crippen MR) is 89.9 cm³/mol. The van der Waals surface area contributed by atoms with Crippen LogP contribution in [0.5, 0.6) is 0 Å². The van der Waals surface area contributed by atoms with E-state index in [4.69, 9.17) is 23.2 Å². The van der Waals surface area contributed by atoms with Gasteiger partial charge in [0.05, 0.1) is 12.2 Å². The SMILES string of the molecule is CC(c1ccc(Cl)cc1Cl)N(C)C(=O)C=Cc1cnn(C)c1. The van der Waals surface area contributed by atoms with E-state index in [1.165, 1.54) is 6.08 Å². The number of carbonyl (C=O) groups is 1. The summed E-state index contributed by atoms with van der Waals surface area (Å²) in [6.45, 7) is 1.92. The molecule has 0 saturated heterocycles. The second-order valence-corrected chi connectivity index (χ2v) is 5.92. The van der Waals surface area contributed by atoms with Crippen LogP contribution in [0, 0.1) is 0 Å². The van der Waals surface area contributed by atoms with Crippen molar-refractivity contribution in [2.75, 3.05) is 7.05 Å². The van der Waals surface area contributed by atoms with Crippen molar-refractivity contribution < 1.29 is 4.79 Å². The largest absolute Gasteiger partial charge is 0.335 e. The van der Waals surface area contributed by atoms with Crippen LogP contribution in [0.25, 0.3) is 6.08 Å². The lowest BCUT2D eigenvalue weighted by Gasteiger charge is -2.25. The highest BCUT2D eigenvalue weighted by Gasteiger charge is 2.18. The number of carbonyl (C=O) groups excluding carboxylic acids is 1. The maximum Gasteiger partial charge on any atom is 0.246 e. The van der Waals surface area contributed by atoms with E-state index in [1.807, 2.05) is 26.2 Å². The number of hydrogen-bond donors (Lipinski definition) is 0. The van der Waals surface area contributed by atoms with E-state index >= 15 is 0 Å². The van der Waals surface area contributed by atoms with Gasteiger partial charge in [0.15, 0.2) is 0 Å². The molecule has 0 saturated carbocycles. The Bertz CT molecular complexity index is 709. The van der Waals surface area contributed by atoms with Crippen LogP contribution >= 0.6 is 23.2 Å². The number of hydrogen-bond acceptors (Lipinski definition) is 2. The molecular weight excluding hydrogens is 321 g/mol. The molecule has 0 aliphatic rings. The normalized spacial score (nSPS) is 12.6. The van der Waals surface area contributed by atoms with Crippen LogP contribution in [-0.4, -0.2) is 27.6 Å². The van der Waals surface area contributed by atoms with Gasteiger partial charge in [0.1, 0.15) is 0 Å². The molecule has 0 radical (unpaired) electrons. The molecular formula is C16H17Cl2N3O. The maximum absolute atomic E-state index is 12.3. The smallest absolute Gasteiger partial charge is 0.246 e. The monoisotopic (exact) mass is 337 g/mol. The Labute approximate surface area is 139 Å². The first-order valence-electron chi connectivity index (χ1n) is 6.77. The molecule has 2 aromatic rings. The Kier molecular flexibility index (Phi) is 5.27. The highest BCUT2D eigenvalue weighted by molar-refractivity contribution is 6.35. The summed E-state index contributed by atoms with van der Waals surface area (Å²) >= 11 is 12.1. The Morgan fingerprint density at radius 2 is 2.14 bits per heavy atom. The molecule has 1 aromatic heterocycles. The van der Waals surface area contributed by atoms with Crippen LogP contribution in [0.1, 0.15) is 24.1 Å². The van der Waals surface area contributed by atoms with E-state index in [1.54, 1.807) is 41.0 Å². The average Bonchev–Trinajstić information content (AvgIpc) is 2.89. The highest BCUT2D eigenvalue weighted by Crippen LogP contribution is 2.29. The molecule has 6 heteroatoms. The van der Waals surface area contributed by atoms with Crippen molar-refractivity contribution >= 4 is 35.2 Å². The summed E-state index contributed by atoms with van der Waals surface area (Å²) in [6, 6.07) is 5.13. The van der Waals surface area contributed by atoms with Crippen LogP contribution in [0.15, 0.2) is 36.7 Å². The minimum absolute atomic E-state index is 0.109. The van der Waals surface area contributed by atoms with Crippen LogP contribution < -0.4 is 0 Å². The van der Waals surface area contributed by atoms with E-state index in [-0.39, 0.29) is 11.9 Å². The average molecular weight is 338 g/mol. The third-order valence-electron chi connectivity index (χ3n) is 3.48. The lowest BCUT2D eigenvalue weighted by molar-refractivity contribution is -0.126. The van der Waals surface area contributed by atoms with Gasteiger partial charge >= 0.3 is 0 Å². The molecule has 1 heterocycles. The van der Waals surface area contributed by atoms with Gasteiger partial charge in [-0.3, -0.25) is 9.48 Å². The van der Waals surface area contributed by atoms with Crippen LogP contribution in [-0.2, 0) is 11.8 Å². The Hall–Kier alpha value is -1.78. The summed E-state index contributed by atoms with van der Waals surface area (Å²) in [5.41, 5.74) is 1.73. The molecule has 0 aliphatic heterocycles. The van der Waals surface area contributed by atoms with Gasteiger partial charge in [0, 0.05) is 42.0 Å². The van der Waals surface area contributed by atoms with Crippen molar-refractivity contribution in [3.8, 4) is 0 Å². The Morgan fingerprint density at radius 3 is 2.73 bits per heavy atom. The molecule has 0 spiro atoms. The van der Waals surface area contributed by atoms with Crippen molar-refractivity contribution in [3.63, 3.8) is 0 Å². The molecule has 1 amide bonds. The molecule has 0 N–H and O–H groups in total. The molecule has 22 heavy (non-hydrogen) atoms. The fourth-order valence-corrected chi connectivity index (χ4v) is 2.62. The maximum atomic E-state index is 12.3. The quantitative estimate of drug-likeness (QED) is 0.792. The standard InChI is InChI=1S/C16H17Cl2N3O/c1-11(14-6-5-13(17)8-15(14)18)21(3)16(22)7-4-12-9-19-20(2)10-12/h4-11H,1-3H3. The number of halogens is 2. The lowest BCUT2D eigenvalue weighted by atomic mass is 10.1. The van der Waals surface area contributed by atoms with Gasteiger partial charge in [-0.25, -0.2) is 0 Å². The van der Waals surface area contributed by atoms with Crippen LogP contribution in [0.4, 0.5) is 0 Å². The summed E-state index contributed by atoms with van der Waals surface area (Å²) in [5.74, 6) is -0.109. The molecule has 0 bridgehead atoms. The molecule has 0 fully saturated rings. The predicted octanol–water partition coefficient (Wildman–Crippen LogP) is 3.96. The lowest BCUT2D eigenvalue weighted by Crippen LogP contribution is -2.28. The van der Waals surface area contributed by atoms with Gasteiger partial charge in [-0.2, -0.15) is 5.10 Å². The minimum Gasteiger partial charge on any atom is -0.335 e. The molecule has 1 aromatic carbocycles. The number of likely N-dealkylation sites (N-methyl/N-ethyl adjacent to an activating group) is 1. The van der Waals surface area contributed by atoms with Crippen molar-refractivity contribution in [2.45, 2.75) is 13.0 Å². The topological polar surface area (TPSA) is 38.1 Å². The van der Waals surface area contributed by atoms with Crippen molar-refractivity contribution in [1.29, 1.82) is 0 Å². The zero-order valence-corrected chi connectivity index (χ0v) is 14.1. The molecule has 0 aliphatic carbocycles. The molecule has 1 atom stereocenters. The Morgan fingerprint density at radius 1 is 1.41 bits per heavy atom. The summed E-state index contributed by atoms with van der Waals surface area (Å²) in [6.07, 6.45) is 6.80. The zero-order chi connectivity index (χ0) is 16.3. The van der Waals surface area contributed by atoms with E-state index in [9.17, 15) is 4.79 Å². The highest BCUT2D eigenvalue weighted by atomic mass is 35.5. The number of nitrogens with zero attached hydrogens (tertiary/aromatic N) is 3. The first-order valence-corrected chi connectivity index (χ1v) is 7.52. The van der Waals surface area contributed by atoms with Gasteiger partial charge in [-0.1, -0.05) is 29.3 Å². The molecule has 116 valence electrons. The van der Waals surface area contributed by atoms with E-state index in [2.05, 4.69) is 5.10 Å². The second kappa shape index (κ2) is 6.99. The van der Waals surface area contributed by atoms with E-state index in [0.717, 1.165) is 11.1 Å². The van der Waals surface area contributed by atoms with Crippen molar-refractivity contribution in [3.05, 3.63) is 57.8 Å². The summed E-state index contributed by atoms with van der Waals surface area (Å²) in [7, 11) is 3.57. The summed E-state index contributed by atoms with van der Waals surface area (Å²) < 4.78 is 1.68. The Balaban J connectivity index is 2.10. The number of aromatic nitrogens is 2. The molecule has 4 nitrogen and oxygen atoms in total. The number of benzene rings is 1. The van der Waals surface area contributed by atoms with E-state index < -0.39 is 0 Å². The molecule has 1 unspecified atom stereocenters. The fourth-order valence-electron chi connectivity index (χ4n) is 2.05.